The Hall–Kier alpha value is -3.27. The zero-order valence-electron chi connectivity index (χ0n) is 21.3. The number of hydrogen-bond acceptors (Lipinski definition) is 7. The Morgan fingerprint density at radius 3 is 2.25 bits per heavy atom. The Morgan fingerprint density at radius 1 is 1.14 bits per heavy atom. The molecule has 8 nitrogen and oxygen atoms in total. The first kappa shape index (κ1) is 25.8. The predicted molar refractivity (Wildman–Crippen MR) is 144 cm³/mol. The quantitative estimate of drug-likeness (QED) is 0.286. The van der Waals surface area contributed by atoms with Gasteiger partial charge in [-0.15, -0.1) is 5.16 Å². The van der Waals surface area contributed by atoms with E-state index in [1.165, 1.54) is 4.57 Å². The van der Waals surface area contributed by atoms with Gasteiger partial charge in [0.05, 0.1) is 6.10 Å². The molecular weight excluding hydrogens is 472 g/mol. The fraction of sp³-hybridized carbons (Fsp3) is 0.370. The van der Waals surface area contributed by atoms with Crippen molar-refractivity contribution in [1.82, 2.24) is 9.55 Å². The van der Waals surface area contributed by atoms with Crippen molar-refractivity contribution in [3.05, 3.63) is 82.9 Å². The van der Waals surface area contributed by atoms with Crippen LogP contribution >= 0.6 is 0 Å². The summed E-state index contributed by atoms with van der Waals surface area (Å²) < 4.78 is 15.1. The highest BCUT2D eigenvalue weighted by Gasteiger charge is 2.54. The van der Waals surface area contributed by atoms with E-state index in [-0.39, 0.29) is 23.6 Å². The molecule has 0 aliphatic carbocycles. The molecule has 0 bridgehead atoms. The molecule has 2 N–H and O–H groups in total. The van der Waals surface area contributed by atoms with Gasteiger partial charge in [-0.1, -0.05) is 81.4 Å². The maximum Gasteiger partial charge on any atom is 0.351 e. The number of hydrogen-bond donors (Lipinski definition) is 1. The molecule has 2 aromatic carbocycles. The topological polar surface area (TPSA) is 101 Å². The van der Waals surface area contributed by atoms with Crippen LogP contribution < -0.4 is 21.8 Å². The Morgan fingerprint density at radius 2 is 1.72 bits per heavy atom. The minimum absolute atomic E-state index is 0.152. The molecule has 4 rings (SSSR count). The first-order chi connectivity index (χ1) is 17.2. The van der Waals surface area contributed by atoms with Crippen molar-refractivity contribution < 1.29 is 14.0 Å². The van der Waals surface area contributed by atoms with E-state index in [0.29, 0.717) is 12.0 Å². The van der Waals surface area contributed by atoms with E-state index in [1.807, 2.05) is 43.3 Å². The Bertz CT molecular complexity index is 1200. The number of aryl methyl sites for hydroxylation is 1. The predicted octanol–water partition coefficient (Wildman–Crippen LogP) is 3.00. The van der Waals surface area contributed by atoms with Crippen LogP contribution in [0.2, 0.25) is 5.04 Å². The number of aromatic nitrogens is 2. The van der Waals surface area contributed by atoms with Crippen molar-refractivity contribution in [2.24, 2.45) is 5.16 Å². The van der Waals surface area contributed by atoms with E-state index in [1.54, 1.807) is 6.20 Å². The molecule has 0 spiro atoms. The summed E-state index contributed by atoms with van der Waals surface area (Å²) in [6, 6.07) is 20.8. The van der Waals surface area contributed by atoms with Crippen molar-refractivity contribution in [1.29, 1.82) is 0 Å². The Labute approximate surface area is 212 Å². The lowest BCUT2D eigenvalue weighted by Crippen LogP contribution is -2.68. The molecule has 190 valence electrons. The summed E-state index contributed by atoms with van der Waals surface area (Å²) in [5.74, 6) is 0.213. The Kier molecular flexibility index (Phi) is 7.44. The second-order valence-electron chi connectivity index (χ2n) is 10.1. The van der Waals surface area contributed by atoms with Gasteiger partial charge in [-0.05, 0) is 22.3 Å². The van der Waals surface area contributed by atoms with E-state index < -0.39 is 26.3 Å². The summed E-state index contributed by atoms with van der Waals surface area (Å²) in [5, 5.41) is 5.67. The zero-order chi connectivity index (χ0) is 25.9. The van der Waals surface area contributed by atoms with Gasteiger partial charge in [0.25, 0.3) is 8.32 Å². The minimum Gasteiger partial charge on any atom is -0.402 e. The molecule has 1 aromatic heterocycles. The van der Waals surface area contributed by atoms with Crippen LogP contribution in [0.15, 0.2) is 76.8 Å². The van der Waals surface area contributed by atoms with Crippen molar-refractivity contribution in [2.75, 3.05) is 12.3 Å². The molecule has 0 radical (unpaired) electrons. The lowest BCUT2D eigenvalue weighted by atomic mass is 10.2. The van der Waals surface area contributed by atoms with E-state index >= 15 is 0 Å². The highest BCUT2D eigenvalue weighted by molar-refractivity contribution is 6.99. The molecule has 3 aromatic rings. The number of benzene rings is 2. The standard InChI is InChI=1S/C27H34N4O4Si/c1-19-17-31(26(32)30-25(19)28)24-16-22(23(34-24)18-33-29-5)35-36(27(2,3)4,20-12-8-6-9-13-20)21-14-10-7-11-15-21/h6-15,17,22-24H,5,16,18H2,1-4H3,(H2,28,30,32)/t22-,23+,24+/m0/s1. The van der Waals surface area contributed by atoms with Crippen LogP contribution in [0.4, 0.5) is 5.82 Å². The van der Waals surface area contributed by atoms with Crippen LogP contribution in [-0.4, -0.2) is 43.4 Å². The molecule has 2 heterocycles. The third kappa shape index (κ3) is 4.86. The summed E-state index contributed by atoms with van der Waals surface area (Å²) in [6.07, 6.45) is 0.718. The molecular formula is C27H34N4O4Si. The summed E-state index contributed by atoms with van der Waals surface area (Å²) in [6.45, 7) is 12.1. The zero-order valence-corrected chi connectivity index (χ0v) is 22.3. The van der Waals surface area contributed by atoms with E-state index in [9.17, 15) is 4.79 Å². The maximum atomic E-state index is 12.7. The van der Waals surface area contributed by atoms with Crippen molar-refractivity contribution in [3.63, 3.8) is 0 Å². The van der Waals surface area contributed by atoms with Gasteiger partial charge < -0.3 is 19.7 Å². The number of nitrogen functional groups attached to an aromatic ring is 1. The van der Waals surface area contributed by atoms with Crippen LogP contribution in [0, 0.1) is 6.92 Å². The fourth-order valence-corrected chi connectivity index (χ4v) is 9.69. The van der Waals surface area contributed by atoms with Crippen molar-refractivity contribution in [3.8, 4) is 0 Å². The molecule has 1 fully saturated rings. The molecule has 1 aliphatic rings. The molecule has 36 heavy (non-hydrogen) atoms. The summed E-state index contributed by atoms with van der Waals surface area (Å²) in [7, 11) is -2.86. The number of nitrogens with two attached hydrogens (primary N) is 1. The maximum absolute atomic E-state index is 12.7. The average Bonchev–Trinajstić information content (AvgIpc) is 3.25. The van der Waals surface area contributed by atoms with Crippen LogP contribution in [0.3, 0.4) is 0 Å². The van der Waals surface area contributed by atoms with Gasteiger partial charge in [-0.2, -0.15) is 4.98 Å². The van der Waals surface area contributed by atoms with E-state index in [4.69, 9.17) is 19.7 Å². The van der Waals surface area contributed by atoms with Gasteiger partial charge in [0.2, 0.25) is 0 Å². The number of oxime groups is 1. The van der Waals surface area contributed by atoms with E-state index in [2.05, 4.69) is 61.9 Å². The normalized spacial score (nSPS) is 20.3. The molecule has 9 heteroatoms. The summed E-state index contributed by atoms with van der Waals surface area (Å²) in [5.41, 5.74) is 6.09. The number of ether oxygens (including phenoxy) is 1. The lowest BCUT2D eigenvalue weighted by molar-refractivity contribution is -0.0600. The van der Waals surface area contributed by atoms with Crippen molar-refractivity contribution >= 4 is 31.2 Å². The monoisotopic (exact) mass is 506 g/mol. The fourth-order valence-electron chi connectivity index (χ4n) is 4.97. The highest BCUT2D eigenvalue weighted by Crippen LogP contribution is 2.41. The van der Waals surface area contributed by atoms with Gasteiger partial charge in [0.1, 0.15) is 24.8 Å². The molecule has 0 saturated carbocycles. The second kappa shape index (κ2) is 10.4. The van der Waals surface area contributed by atoms with Crippen LogP contribution in [-0.2, 0) is 14.0 Å². The molecule has 0 amide bonds. The second-order valence-corrected chi connectivity index (χ2v) is 14.4. The number of anilines is 1. The largest absolute Gasteiger partial charge is 0.402 e. The van der Waals surface area contributed by atoms with Crippen LogP contribution in [0.5, 0.6) is 0 Å². The van der Waals surface area contributed by atoms with Crippen molar-refractivity contribution in [2.45, 2.75) is 57.6 Å². The van der Waals surface area contributed by atoms with Crippen LogP contribution in [0.25, 0.3) is 0 Å². The minimum atomic E-state index is -2.86. The number of nitrogens with zero attached hydrogens (tertiary/aromatic N) is 3. The lowest BCUT2D eigenvalue weighted by Gasteiger charge is -2.45. The van der Waals surface area contributed by atoms with Gasteiger partial charge in [0.15, 0.2) is 0 Å². The molecule has 1 aliphatic heterocycles. The van der Waals surface area contributed by atoms with Gasteiger partial charge in [-0.25, -0.2) is 4.79 Å². The van der Waals surface area contributed by atoms with Crippen LogP contribution in [0.1, 0.15) is 39.0 Å². The first-order valence-corrected chi connectivity index (χ1v) is 14.0. The third-order valence-corrected chi connectivity index (χ3v) is 11.8. The third-order valence-electron chi connectivity index (χ3n) is 6.74. The molecule has 3 atom stereocenters. The smallest absolute Gasteiger partial charge is 0.351 e. The molecule has 1 saturated heterocycles. The first-order valence-electron chi connectivity index (χ1n) is 12.0. The summed E-state index contributed by atoms with van der Waals surface area (Å²) >= 11 is 0. The van der Waals surface area contributed by atoms with E-state index in [0.717, 1.165) is 10.4 Å². The Balaban J connectivity index is 1.80. The SMILES string of the molecule is C=NOC[C@H]1O[C@@H](n2cc(C)c(N)nc2=O)C[C@@H]1O[Si](c1ccccc1)(c1ccccc1)C(C)(C)C. The summed E-state index contributed by atoms with van der Waals surface area (Å²) in [4.78, 5) is 22.0. The highest BCUT2D eigenvalue weighted by atomic mass is 28.4. The number of rotatable bonds is 8. The van der Waals surface area contributed by atoms with Gasteiger partial charge in [-0.3, -0.25) is 4.57 Å². The van der Waals surface area contributed by atoms with Gasteiger partial charge >= 0.3 is 5.69 Å². The molecule has 0 unspecified atom stereocenters. The average molecular weight is 507 g/mol. The van der Waals surface area contributed by atoms with Gasteiger partial charge in [0, 0.05) is 24.9 Å².